The lowest BCUT2D eigenvalue weighted by atomic mass is 9.94. The van der Waals surface area contributed by atoms with Crippen molar-refractivity contribution in [1.29, 1.82) is 0 Å². The van der Waals surface area contributed by atoms with Crippen molar-refractivity contribution < 1.29 is 27.4 Å². The third kappa shape index (κ3) is 5.14. The van der Waals surface area contributed by atoms with Gasteiger partial charge in [0.1, 0.15) is 12.2 Å². The quantitative estimate of drug-likeness (QED) is 0.827. The van der Waals surface area contributed by atoms with E-state index in [0.29, 0.717) is 12.0 Å². The van der Waals surface area contributed by atoms with Gasteiger partial charge in [-0.1, -0.05) is 6.92 Å². The van der Waals surface area contributed by atoms with Crippen molar-refractivity contribution in [3.8, 4) is 5.88 Å². The van der Waals surface area contributed by atoms with Crippen LogP contribution in [0, 0.1) is 5.41 Å². The smallest absolute Gasteiger partial charge is 0.435 e. The fraction of sp³-hybridized carbons (Fsp3) is 0.733. The Bertz CT molecular complexity index is 557. The molecule has 1 rings (SSSR count). The number of alkyl halides is 3. The monoisotopic (exact) mass is 336 g/mol. The highest BCUT2D eigenvalue weighted by Gasteiger charge is 2.48. The molecule has 132 valence electrons. The molecule has 0 saturated heterocycles. The molecule has 0 aromatic carbocycles. The Balaban J connectivity index is 2.91. The number of hydrogen-bond donors (Lipinski definition) is 0. The van der Waals surface area contributed by atoms with E-state index in [1.54, 1.807) is 27.7 Å². The number of rotatable bonds is 4. The molecular weight excluding hydrogens is 313 g/mol. The summed E-state index contributed by atoms with van der Waals surface area (Å²) >= 11 is 0. The lowest BCUT2D eigenvalue weighted by Gasteiger charge is -2.27. The zero-order valence-electron chi connectivity index (χ0n) is 14.2. The van der Waals surface area contributed by atoms with Crippen LogP contribution >= 0.6 is 0 Å². The van der Waals surface area contributed by atoms with Crippen LogP contribution in [0.1, 0.15) is 47.1 Å². The Morgan fingerprint density at radius 1 is 1.22 bits per heavy atom. The number of nitrogens with zero attached hydrogens (tertiary/aromatic N) is 2. The summed E-state index contributed by atoms with van der Waals surface area (Å²) in [6, 6.07) is 0. The van der Waals surface area contributed by atoms with Crippen LogP contribution in [-0.2, 0) is 11.2 Å². The summed E-state index contributed by atoms with van der Waals surface area (Å²) in [5.41, 5.74) is -2.18. The topological polar surface area (TPSA) is 53.4 Å². The van der Waals surface area contributed by atoms with E-state index < -0.39 is 29.9 Å². The molecule has 0 unspecified atom stereocenters. The normalized spacial score (nSPS) is 13.1. The Labute approximate surface area is 133 Å². The van der Waals surface area contributed by atoms with Crippen LogP contribution in [0.2, 0.25) is 0 Å². The molecule has 0 atom stereocenters. The van der Waals surface area contributed by atoms with Crippen molar-refractivity contribution in [2.24, 2.45) is 5.41 Å². The van der Waals surface area contributed by atoms with Gasteiger partial charge in [-0.3, -0.25) is 0 Å². The van der Waals surface area contributed by atoms with Crippen LogP contribution < -0.4 is 4.74 Å². The molecule has 0 fully saturated rings. The highest BCUT2D eigenvalue weighted by atomic mass is 19.4. The maximum atomic E-state index is 12.9. The van der Waals surface area contributed by atoms with Crippen LogP contribution in [0.25, 0.3) is 0 Å². The average molecular weight is 336 g/mol. The van der Waals surface area contributed by atoms with E-state index in [0.717, 1.165) is 18.5 Å². The highest BCUT2D eigenvalue weighted by molar-refractivity contribution is 5.70. The lowest BCUT2D eigenvalue weighted by Crippen LogP contribution is -2.37. The molecule has 0 aliphatic heterocycles. The molecule has 0 radical (unpaired) electrons. The second-order valence-electron chi connectivity index (χ2n) is 6.91. The van der Waals surface area contributed by atoms with E-state index >= 15 is 0 Å². The fourth-order valence-electron chi connectivity index (χ4n) is 1.49. The first-order chi connectivity index (χ1) is 10.3. The average Bonchev–Trinajstić information content (AvgIpc) is 2.76. The van der Waals surface area contributed by atoms with Crippen LogP contribution in [0.3, 0.4) is 0 Å². The van der Waals surface area contributed by atoms with Gasteiger partial charge in [-0.2, -0.15) is 17.9 Å². The van der Waals surface area contributed by atoms with Gasteiger partial charge >= 0.3 is 12.3 Å². The Kier molecular flexibility index (Phi) is 5.38. The second-order valence-corrected chi connectivity index (χ2v) is 6.91. The number of hydrogen-bond acceptors (Lipinski definition) is 4. The molecular formula is C15H23F3N2O3. The lowest BCUT2D eigenvalue weighted by molar-refractivity contribution is -0.219. The number of carbonyl (C=O) groups is 1. The number of carbonyl (C=O) groups excluding carboxylic acids is 1. The highest BCUT2D eigenvalue weighted by Crippen LogP contribution is 2.37. The van der Waals surface area contributed by atoms with Crippen molar-refractivity contribution in [3.05, 3.63) is 11.8 Å². The molecule has 5 nitrogen and oxygen atoms in total. The second kappa shape index (κ2) is 6.41. The molecule has 1 heterocycles. The van der Waals surface area contributed by atoms with Crippen molar-refractivity contribution in [2.75, 3.05) is 6.61 Å². The number of aryl methyl sites for hydroxylation is 1. The van der Waals surface area contributed by atoms with Gasteiger partial charge in [-0.15, -0.1) is 5.10 Å². The number of halogens is 3. The summed E-state index contributed by atoms with van der Waals surface area (Å²) < 4.78 is 49.9. The van der Waals surface area contributed by atoms with Crippen molar-refractivity contribution in [1.82, 2.24) is 9.78 Å². The summed E-state index contributed by atoms with van der Waals surface area (Å²) in [5, 5.41) is 3.90. The van der Waals surface area contributed by atoms with Crippen molar-refractivity contribution in [2.45, 2.75) is 59.7 Å². The van der Waals surface area contributed by atoms with E-state index in [1.165, 1.54) is 6.20 Å². The maximum absolute atomic E-state index is 12.9. The van der Waals surface area contributed by atoms with Gasteiger partial charge in [-0.05, 0) is 41.0 Å². The van der Waals surface area contributed by atoms with E-state index in [9.17, 15) is 18.0 Å². The summed E-state index contributed by atoms with van der Waals surface area (Å²) in [5.74, 6) is 0.00989. The van der Waals surface area contributed by atoms with Gasteiger partial charge in [0.25, 0.3) is 0 Å². The molecule has 1 aromatic rings. The first kappa shape index (κ1) is 19.3. The molecule has 1 aromatic heterocycles. The zero-order chi connectivity index (χ0) is 18.1. The number of aromatic nitrogens is 2. The predicted octanol–water partition coefficient (Wildman–Crippen LogP) is 4.20. The summed E-state index contributed by atoms with van der Waals surface area (Å²) in [7, 11) is 0. The van der Waals surface area contributed by atoms with E-state index in [-0.39, 0.29) is 5.88 Å². The number of ether oxygens (including phenoxy) is 2. The third-order valence-electron chi connectivity index (χ3n) is 3.05. The molecule has 23 heavy (non-hydrogen) atoms. The predicted molar refractivity (Wildman–Crippen MR) is 78.6 cm³/mol. The first-order valence-electron chi connectivity index (χ1n) is 7.28. The molecule has 0 N–H and O–H groups in total. The molecule has 0 aliphatic rings. The minimum absolute atomic E-state index is 0.00989. The SMILES string of the molecule is CCc1cn(C(=O)OC(C)(C)C)nc1OCC(C)(C)C(F)(F)F. The van der Waals surface area contributed by atoms with Gasteiger partial charge in [0.05, 0.1) is 5.41 Å². The minimum atomic E-state index is -4.40. The molecule has 0 bridgehead atoms. The minimum Gasteiger partial charge on any atom is -0.475 e. The van der Waals surface area contributed by atoms with Gasteiger partial charge in [-0.25, -0.2) is 4.79 Å². The largest absolute Gasteiger partial charge is 0.475 e. The Morgan fingerprint density at radius 2 is 1.78 bits per heavy atom. The van der Waals surface area contributed by atoms with Crippen molar-refractivity contribution >= 4 is 6.09 Å². The van der Waals surface area contributed by atoms with E-state index in [1.807, 2.05) is 0 Å². The summed E-state index contributed by atoms with van der Waals surface area (Å²) in [4.78, 5) is 11.9. The molecule has 0 amide bonds. The van der Waals surface area contributed by atoms with Gasteiger partial charge in [0.2, 0.25) is 5.88 Å². The molecule has 8 heteroatoms. The van der Waals surface area contributed by atoms with Crippen LogP contribution in [0.4, 0.5) is 18.0 Å². The van der Waals surface area contributed by atoms with Gasteiger partial charge < -0.3 is 9.47 Å². The van der Waals surface area contributed by atoms with Crippen LogP contribution in [0.5, 0.6) is 5.88 Å². The standard InChI is InChI=1S/C15H23F3N2O3/c1-7-10-8-20(12(21)23-13(2,3)4)19-11(10)22-9-14(5,6)15(16,17)18/h8H,7,9H2,1-6H3. The third-order valence-corrected chi connectivity index (χ3v) is 3.05. The molecule has 0 spiro atoms. The van der Waals surface area contributed by atoms with E-state index in [2.05, 4.69) is 5.10 Å². The summed E-state index contributed by atoms with van der Waals surface area (Å²) in [6.45, 7) is 8.41. The fourth-order valence-corrected chi connectivity index (χ4v) is 1.49. The maximum Gasteiger partial charge on any atom is 0.435 e. The summed E-state index contributed by atoms with van der Waals surface area (Å²) in [6.07, 6.45) is -3.24. The van der Waals surface area contributed by atoms with Gasteiger partial charge in [0, 0.05) is 11.8 Å². The Morgan fingerprint density at radius 3 is 2.22 bits per heavy atom. The molecule has 0 saturated carbocycles. The first-order valence-corrected chi connectivity index (χ1v) is 7.28. The zero-order valence-corrected chi connectivity index (χ0v) is 14.2. The van der Waals surface area contributed by atoms with Crippen molar-refractivity contribution in [3.63, 3.8) is 0 Å². The van der Waals surface area contributed by atoms with Crippen LogP contribution in [0.15, 0.2) is 6.20 Å². The van der Waals surface area contributed by atoms with Crippen LogP contribution in [-0.4, -0.2) is 34.3 Å². The Hall–Kier alpha value is -1.73. The van der Waals surface area contributed by atoms with E-state index in [4.69, 9.17) is 9.47 Å². The molecule has 0 aliphatic carbocycles. The van der Waals surface area contributed by atoms with Gasteiger partial charge in [0.15, 0.2) is 0 Å².